The van der Waals surface area contributed by atoms with Crippen molar-refractivity contribution in [3.63, 3.8) is 0 Å². The van der Waals surface area contributed by atoms with Crippen molar-refractivity contribution in [1.29, 1.82) is 0 Å². The average molecular weight is 438 g/mol. The second-order valence-corrected chi connectivity index (χ2v) is 7.81. The lowest BCUT2D eigenvalue weighted by atomic mass is 10.1. The molecule has 2 atom stereocenters. The van der Waals surface area contributed by atoms with Gasteiger partial charge in [0.2, 0.25) is 5.91 Å². The second-order valence-electron chi connectivity index (χ2n) is 7.81. The molecule has 1 N–H and O–H groups in total. The number of amides is 1. The van der Waals surface area contributed by atoms with Crippen LogP contribution in [0, 0.1) is 0 Å². The SMILES string of the molecule is C[C@@H](NC(=O)Cc1ccc([C@H]2CC2(F)F)cc1)c1cc2cnn(CC(F)(F)F)c2cn1. The summed E-state index contributed by atoms with van der Waals surface area (Å²) in [4.78, 5) is 16.5. The van der Waals surface area contributed by atoms with Crippen molar-refractivity contribution < 1.29 is 26.7 Å². The molecule has 10 heteroatoms. The molecule has 0 spiro atoms. The number of pyridine rings is 1. The predicted octanol–water partition coefficient (Wildman–Crippen LogP) is 4.54. The molecule has 1 fully saturated rings. The number of fused-ring (bicyclic) bond motifs is 1. The van der Waals surface area contributed by atoms with Crippen molar-refractivity contribution in [3.8, 4) is 0 Å². The largest absolute Gasteiger partial charge is 0.408 e. The molecule has 31 heavy (non-hydrogen) atoms. The van der Waals surface area contributed by atoms with Crippen LogP contribution in [0.3, 0.4) is 0 Å². The molecule has 1 aliphatic carbocycles. The highest BCUT2D eigenvalue weighted by atomic mass is 19.4. The molecule has 0 radical (unpaired) electrons. The Balaban J connectivity index is 1.38. The molecule has 1 saturated carbocycles. The van der Waals surface area contributed by atoms with Crippen molar-refractivity contribution in [2.24, 2.45) is 0 Å². The molecule has 1 aliphatic rings. The van der Waals surface area contributed by atoms with Gasteiger partial charge in [-0.05, 0) is 24.1 Å². The standard InChI is InChI=1S/C21H19F5N4O/c1-12(17-7-15-9-28-30(11-21(24,25)26)18(15)10-27-17)29-19(31)6-13-2-4-14(5-3-13)16-8-20(16,22)23/h2-5,7,9-10,12,16H,6,8,11H2,1H3,(H,29,31)/t12-,16-/m1/s1. The van der Waals surface area contributed by atoms with E-state index in [2.05, 4.69) is 15.4 Å². The Bertz CT molecular complexity index is 1110. The number of carbonyl (C=O) groups is 1. The lowest BCUT2D eigenvalue weighted by Gasteiger charge is -2.14. The quantitative estimate of drug-likeness (QED) is 0.575. The molecular formula is C21H19F5N4O. The fourth-order valence-electron chi connectivity index (χ4n) is 3.52. The van der Waals surface area contributed by atoms with Crippen molar-refractivity contribution >= 4 is 16.8 Å². The van der Waals surface area contributed by atoms with E-state index in [9.17, 15) is 26.7 Å². The molecule has 0 saturated heterocycles. The molecule has 5 nitrogen and oxygen atoms in total. The van der Waals surface area contributed by atoms with Gasteiger partial charge in [0.15, 0.2) is 0 Å². The first kappa shape index (κ1) is 21.2. The first-order valence-electron chi connectivity index (χ1n) is 9.66. The van der Waals surface area contributed by atoms with Crippen LogP contribution < -0.4 is 5.32 Å². The van der Waals surface area contributed by atoms with E-state index in [1.807, 2.05) is 0 Å². The van der Waals surface area contributed by atoms with E-state index in [1.54, 1.807) is 37.3 Å². The summed E-state index contributed by atoms with van der Waals surface area (Å²) in [5, 5.41) is 7.03. The predicted molar refractivity (Wildman–Crippen MR) is 103 cm³/mol. The van der Waals surface area contributed by atoms with Gasteiger partial charge in [-0.25, -0.2) is 8.78 Å². The third-order valence-corrected chi connectivity index (χ3v) is 5.27. The minimum absolute atomic E-state index is 0.0669. The molecule has 2 aromatic heterocycles. The summed E-state index contributed by atoms with van der Waals surface area (Å²) >= 11 is 0. The molecule has 4 rings (SSSR count). The number of aromatic nitrogens is 3. The van der Waals surface area contributed by atoms with Crippen molar-refractivity contribution in [3.05, 3.63) is 59.5 Å². The molecule has 1 amide bonds. The molecule has 0 bridgehead atoms. The highest BCUT2D eigenvalue weighted by Crippen LogP contribution is 2.55. The summed E-state index contributed by atoms with van der Waals surface area (Å²) in [5.41, 5.74) is 1.99. The fourth-order valence-corrected chi connectivity index (χ4v) is 3.52. The lowest BCUT2D eigenvalue weighted by molar-refractivity contribution is -0.141. The summed E-state index contributed by atoms with van der Waals surface area (Å²) in [6.07, 6.45) is -1.84. The topological polar surface area (TPSA) is 59.8 Å². The summed E-state index contributed by atoms with van der Waals surface area (Å²) < 4.78 is 65.0. The number of nitrogens with one attached hydrogen (secondary N) is 1. The van der Waals surface area contributed by atoms with Gasteiger partial charge in [-0.15, -0.1) is 0 Å². The van der Waals surface area contributed by atoms with E-state index in [-0.39, 0.29) is 24.3 Å². The maximum absolute atomic E-state index is 13.1. The van der Waals surface area contributed by atoms with Gasteiger partial charge in [0.25, 0.3) is 5.92 Å². The van der Waals surface area contributed by atoms with Crippen LogP contribution in [0.1, 0.15) is 42.1 Å². The summed E-state index contributed by atoms with van der Waals surface area (Å²) in [6, 6.07) is 7.66. The minimum Gasteiger partial charge on any atom is -0.348 e. The maximum atomic E-state index is 13.1. The molecule has 1 aromatic carbocycles. The van der Waals surface area contributed by atoms with Gasteiger partial charge in [0, 0.05) is 11.8 Å². The van der Waals surface area contributed by atoms with Crippen LogP contribution in [0.5, 0.6) is 0 Å². The number of benzene rings is 1. The molecule has 0 aliphatic heterocycles. The van der Waals surface area contributed by atoms with Gasteiger partial charge in [-0.2, -0.15) is 18.3 Å². The molecule has 164 valence electrons. The van der Waals surface area contributed by atoms with Crippen LogP contribution in [0.2, 0.25) is 0 Å². The number of nitrogens with zero attached hydrogens (tertiary/aromatic N) is 3. The third-order valence-electron chi connectivity index (χ3n) is 5.27. The Morgan fingerprint density at radius 1 is 1.26 bits per heavy atom. The van der Waals surface area contributed by atoms with E-state index in [4.69, 9.17) is 0 Å². The highest BCUT2D eigenvalue weighted by Gasteiger charge is 2.57. The fraction of sp³-hybridized carbons (Fsp3) is 0.381. The Morgan fingerprint density at radius 3 is 2.55 bits per heavy atom. The number of hydrogen-bond acceptors (Lipinski definition) is 3. The van der Waals surface area contributed by atoms with E-state index in [0.29, 0.717) is 22.2 Å². The highest BCUT2D eigenvalue weighted by molar-refractivity contribution is 5.80. The molecular weight excluding hydrogens is 419 g/mol. The second kappa shape index (κ2) is 7.58. The first-order chi connectivity index (χ1) is 14.5. The number of alkyl halides is 5. The average Bonchev–Trinajstić information content (AvgIpc) is 3.14. The number of carbonyl (C=O) groups excluding carboxylic acids is 1. The third kappa shape index (κ3) is 4.83. The van der Waals surface area contributed by atoms with Gasteiger partial charge >= 0.3 is 6.18 Å². The molecule has 0 unspecified atom stereocenters. The summed E-state index contributed by atoms with van der Waals surface area (Å²) in [5.74, 6) is -3.66. The minimum atomic E-state index is -4.39. The maximum Gasteiger partial charge on any atom is 0.408 e. The normalized spacial score (nSPS) is 18.7. The zero-order valence-electron chi connectivity index (χ0n) is 16.5. The molecule has 3 aromatic rings. The zero-order chi connectivity index (χ0) is 22.4. The Labute approximate surface area is 174 Å². The molecule has 2 heterocycles. The smallest absolute Gasteiger partial charge is 0.348 e. The van der Waals surface area contributed by atoms with Crippen LogP contribution in [-0.2, 0) is 17.8 Å². The Kier molecular flexibility index (Phi) is 5.18. The van der Waals surface area contributed by atoms with Crippen LogP contribution in [-0.4, -0.2) is 32.8 Å². The monoisotopic (exact) mass is 438 g/mol. The van der Waals surface area contributed by atoms with Crippen molar-refractivity contribution in [2.45, 2.75) is 50.4 Å². The number of hydrogen-bond donors (Lipinski definition) is 1. The van der Waals surface area contributed by atoms with Gasteiger partial charge < -0.3 is 5.32 Å². The Morgan fingerprint density at radius 2 is 1.94 bits per heavy atom. The first-order valence-corrected chi connectivity index (χ1v) is 9.66. The van der Waals surface area contributed by atoms with E-state index >= 15 is 0 Å². The Hall–Kier alpha value is -3.04. The van der Waals surface area contributed by atoms with Gasteiger partial charge in [-0.3, -0.25) is 14.5 Å². The van der Waals surface area contributed by atoms with Crippen LogP contribution in [0.4, 0.5) is 22.0 Å². The number of halogens is 5. The van der Waals surface area contributed by atoms with Gasteiger partial charge in [0.1, 0.15) is 6.54 Å². The van der Waals surface area contributed by atoms with Crippen LogP contribution in [0.15, 0.2) is 42.7 Å². The van der Waals surface area contributed by atoms with Gasteiger partial charge in [0.05, 0.1) is 42.0 Å². The van der Waals surface area contributed by atoms with E-state index in [1.165, 1.54) is 12.4 Å². The lowest BCUT2D eigenvalue weighted by Crippen LogP contribution is -2.28. The van der Waals surface area contributed by atoms with Crippen LogP contribution >= 0.6 is 0 Å². The van der Waals surface area contributed by atoms with E-state index in [0.717, 1.165) is 4.68 Å². The van der Waals surface area contributed by atoms with Crippen molar-refractivity contribution in [2.75, 3.05) is 0 Å². The summed E-state index contributed by atoms with van der Waals surface area (Å²) in [7, 11) is 0. The van der Waals surface area contributed by atoms with Crippen molar-refractivity contribution in [1.82, 2.24) is 20.1 Å². The van der Waals surface area contributed by atoms with Crippen LogP contribution in [0.25, 0.3) is 10.9 Å². The van der Waals surface area contributed by atoms with Gasteiger partial charge in [-0.1, -0.05) is 24.3 Å². The number of rotatable bonds is 6. The zero-order valence-corrected chi connectivity index (χ0v) is 16.5. The summed E-state index contributed by atoms with van der Waals surface area (Å²) in [6.45, 7) is 0.505. The van der Waals surface area contributed by atoms with E-state index < -0.39 is 30.6 Å².